The second-order valence-electron chi connectivity index (χ2n) is 9.08. The quantitative estimate of drug-likeness (QED) is 0.279. The monoisotopic (exact) mass is 459 g/mol. The Morgan fingerprint density at radius 2 is 1.88 bits per heavy atom. The molecule has 0 saturated carbocycles. The van der Waals surface area contributed by atoms with E-state index in [0.29, 0.717) is 31.0 Å². The maximum absolute atomic E-state index is 13.2. The van der Waals surface area contributed by atoms with Crippen LogP contribution in [0.25, 0.3) is 5.57 Å². The van der Waals surface area contributed by atoms with E-state index in [1.54, 1.807) is 44.5 Å². The summed E-state index contributed by atoms with van der Waals surface area (Å²) in [6.07, 6.45) is 7.25. The molecule has 1 fully saturated rings. The van der Waals surface area contributed by atoms with Crippen LogP contribution in [0.4, 0.5) is 5.82 Å². The number of rotatable bonds is 8. The van der Waals surface area contributed by atoms with Gasteiger partial charge in [0.1, 0.15) is 12.4 Å². The summed E-state index contributed by atoms with van der Waals surface area (Å²) in [6, 6.07) is 11.2. The van der Waals surface area contributed by atoms with Crippen molar-refractivity contribution in [2.75, 3.05) is 46.5 Å². The summed E-state index contributed by atoms with van der Waals surface area (Å²) >= 11 is 0. The van der Waals surface area contributed by atoms with E-state index < -0.39 is 0 Å². The van der Waals surface area contributed by atoms with Gasteiger partial charge in [-0.1, -0.05) is 24.8 Å². The van der Waals surface area contributed by atoms with Gasteiger partial charge in [0.15, 0.2) is 0 Å². The zero-order chi connectivity index (χ0) is 24.9. The summed E-state index contributed by atoms with van der Waals surface area (Å²) in [5, 5.41) is 13.2. The molecule has 7 heteroatoms. The van der Waals surface area contributed by atoms with Crippen molar-refractivity contribution < 1.29 is 9.44 Å². The van der Waals surface area contributed by atoms with Gasteiger partial charge in [0, 0.05) is 44.7 Å². The molecule has 1 aromatic carbocycles. The number of carbonyl (C=O) groups excluding carboxylic acids is 1. The predicted octanol–water partition coefficient (Wildman–Crippen LogP) is 4.06. The molecule has 0 atom stereocenters. The lowest BCUT2D eigenvalue weighted by Gasteiger charge is -2.54. The zero-order valence-corrected chi connectivity index (χ0v) is 20.4. The van der Waals surface area contributed by atoms with Crippen molar-refractivity contribution in [2.24, 2.45) is 4.99 Å². The number of nitrogen functional groups attached to an aromatic ring is 1. The van der Waals surface area contributed by atoms with Crippen molar-refractivity contribution >= 4 is 23.5 Å². The van der Waals surface area contributed by atoms with Crippen LogP contribution in [0, 0.1) is 5.21 Å². The molecule has 2 heterocycles. The van der Waals surface area contributed by atoms with E-state index in [-0.39, 0.29) is 16.5 Å². The first-order valence-electron chi connectivity index (χ1n) is 11.2. The Balaban J connectivity index is 1.65. The molecule has 1 aliphatic heterocycles. The van der Waals surface area contributed by atoms with Crippen LogP contribution in [0.3, 0.4) is 0 Å². The molecule has 0 unspecified atom stereocenters. The fourth-order valence-corrected chi connectivity index (χ4v) is 4.22. The molecule has 2 aromatic rings. The number of hydroxylamine groups is 3. The van der Waals surface area contributed by atoms with E-state index >= 15 is 0 Å². The number of carbonyl (C=O) groups is 1. The molecule has 0 aliphatic carbocycles. The minimum atomic E-state index is -0.266. The normalized spacial score (nSPS) is 20.8. The van der Waals surface area contributed by atoms with Crippen LogP contribution < -0.4 is 5.73 Å². The standard InChI is InChI=1S/C27H33N5O2/c1-19(14-20(2)25(12-13-29-3)23-10-11-26(28)30-15-23)16-32(34)17-24(18-32)21-6-8-22(9-7-21)27(33)31(4)5/h6-15,24H,2,16-18H2,1,3-5H3,(H2,28,30)/b19-14+,25-12+,29-13?. The number of pyridine rings is 1. The van der Waals surface area contributed by atoms with E-state index in [4.69, 9.17) is 5.73 Å². The highest BCUT2D eigenvalue weighted by atomic mass is 16.6. The van der Waals surface area contributed by atoms with Crippen molar-refractivity contribution in [2.45, 2.75) is 12.8 Å². The summed E-state index contributed by atoms with van der Waals surface area (Å²) in [5.41, 5.74) is 11.0. The second kappa shape index (κ2) is 10.6. The molecule has 1 saturated heterocycles. The summed E-state index contributed by atoms with van der Waals surface area (Å²) in [5.74, 6) is 0.631. The Labute approximate surface area is 201 Å². The maximum Gasteiger partial charge on any atom is 0.253 e. The third-order valence-corrected chi connectivity index (χ3v) is 5.93. The minimum Gasteiger partial charge on any atom is -0.633 e. The maximum atomic E-state index is 13.2. The molecular formula is C27H33N5O2. The zero-order valence-electron chi connectivity index (χ0n) is 20.4. The average molecular weight is 460 g/mol. The van der Waals surface area contributed by atoms with Crippen LogP contribution in [0.5, 0.6) is 0 Å². The van der Waals surface area contributed by atoms with Crippen LogP contribution in [-0.2, 0) is 0 Å². The molecule has 1 aliphatic rings. The van der Waals surface area contributed by atoms with Crippen LogP contribution in [0.15, 0.2) is 77.5 Å². The van der Waals surface area contributed by atoms with Crippen LogP contribution in [0.1, 0.15) is 34.3 Å². The first kappa shape index (κ1) is 25.1. The predicted molar refractivity (Wildman–Crippen MR) is 139 cm³/mol. The van der Waals surface area contributed by atoms with E-state index in [1.807, 2.05) is 49.4 Å². The lowest BCUT2D eigenvalue weighted by Crippen LogP contribution is -2.58. The Hall–Kier alpha value is -3.55. The molecule has 3 rings (SSSR count). The van der Waals surface area contributed by atoms with E-state index in [0.717, 1.165) is 27.8 Å². The molecule has 0 spiro atoms. The fourth-order valence-electron chi connectivity index (χ4n) is 4.22. The topological polar surface area (TPSA) is 94.6 Å². The van der Waals surface area contributed by atoms with Gasteiger partial charge < -0.3 is 20.5 Å². The third-order valence-electron chi connectivity index (χ3n) is 5.93. The molecule has 34 heavy (non-hydrogen) atoms. The smallest absolute Gasteiger partial charge is 0.253 e. The highest BCUT2D eigenvalue weighted by molar-refractivity contribution is 5.94. The number of nitrogens with zero attached hydrogens (tertiary/aromatic N) is 4. The number of likely N-dealkylation sites (tertiary alicyclic amines) is 1. The first-order valence-corrected chi connectivity index (χ1v) is 11.2. The molecule has 2 N–H and O–H groups in total. The number of benzene rings is 1. The number of anilines is 1. The number of hydrogen-bond acceptors (Lipinski definition) is 5. The van der Waals surface area contributed by atoms with E-state index in [9.17, 15) is 10.0 Å². The molecule has 0 bridgehead atoms. The van der Waals surface area contributed by atoms with Crippen LogP contribution in [0.2, 0.25) is 0 Å². The largest absolute Gasteiger partial charge is 0.633 e. The van der Waals surface area contributed by atoms with Crippen LogP contribution in [-0.4, -0.2) is 67.4 Å². The first-order chi connectivity index (χ1) is 16.1. The minimum absolute atomic E-state index is 0.0246. The van der Waals surface area contributed by atoms with Gasteiger partial charge in [0.2, 0.25) is 0 Å². The van der Waals surface area contributed by atoms with E-state index in [2.05, 4.69) is 16.6 Å². The van der Waals surface area contributed by atoms with Gasteiger partial charge in [-0.3, -0.25) is 9.79 Å². The summed E-state index contributed by atoms with van der Waals surface area (Å²) in [7, 11) is 5.18. The van der Waals surface area contributed by atoms with E-state index in [1.165, 1.54) is 0 Å². The number of hydrogen-bond donors (Lipinski definition) is 1. The van der Waals surface area contributed by atoms with Crippen molar-refractivity contribution in [3.63, 3.8) is 0 Å². The average Bonchev–Trinajstić information content (AvgIpc) is 2.78. The Kier molecular flexibility index (Phi) is 7.81. The van der Waals surface area contributed by atoms with Crippen molar-refractivity contribution in [3.05, 3.63) is 94.4 Å². The third kappa shape index (κ3) is 6.07. The number of nitrogens with two attached hydrogens (primary N) is 1. The number of aliphatic imine (C=N–C) groups is 1. The van der Waals surface area contributed by atoms with Crippen molar-refractivity contribution in [3.8, 4) is 0 Å². The number of quaternary nitrogens is 1. The van der Waals surface area contributed by atoms with Gasteiger partial charge in [-0.15, -0.1) is 0 Å². The molecule has 7 nitrogen and oxygen atoms in total. The lowest BCUT2D eigenvalue weighted by molar-refractivity contribution is -0.918. The highest BCUT2D eigenvalue weighted by Gasteiger charge is 2.38. The Morgan fingerprint density at radius 1 is 1.24 bits per heavy atom. The molecule has 1 amide bonds. The fraction of sp³-hybridized carbons (Fsp3) is 0.296. The van der Waals surface area contributed by atoms with Crippen molar-refractivity contribution in [1.82, 2.24) is 9.88 Å². The van der Waals surface area contributed by atoms with Gasteiger partial charge in [-0.2, -0.15) is 0 Å². The Morgan fingerprint density at radius 3 is 2.44 bits per heavy atom. The second-order valence-corrected chi connectivity index (χ2v) is 9.08. The van der Waals surface area contributed by atoms with Crippen molar-refractivity contribution in [1.29, 1.82) is 0 Å². The summed E-state index contributed by atoms with van der Waals surface area (Å²) < 4.78 is -0.266. The summed E-state index contributed by atoms with van der Waals surface area (Å²) in [6.45, 7) is 7.62. The van der Waals surface area contributed by atoms with Gasteiger partial charge in [-0.25, -0.2) is 4.98 Å². The van der Waals surface area contributed by atoms with Gasteiger partial charge >= 0.3 is 0 Å². The molecule has 178 valence electrons. The SMILES string of the molecule is C=C(/C=C(\C)C[N+]1([O-])CC(c2ccc(C(=O)N(C)C)cc2)C1)/C(=C\C=NC)c1ccc(N)nc1. The Bertz CT molecular complexity index is 1120. The van der Waals surface area contributed by atoms with Crippen LogP contribution >= 0.6 is 0 Å². The lowest BCUT2D eigenvalue weighted by atomic mass is 9.89. The number of aromatic nitrogens is 1. The van der Waals surface area contributed by atoms with Gasteiger partial charge in [0.25, 0.3) is 5.91 Å². The molecule has 0 radical (unpaired) electrons. The summed E-state index contributed by atoms with van der Waals surface area (Å²) in [4.78, 5) is 21.8. The molecular weight excluding hydrogens is 426 g/mol. The van der Waals surface area contributed by atoms with Gasteiger partial charge in [-0.05, 0) is 59.5 Å². The number of allylic oxidation sites excluding steroid dienone is 4. The molecule has 1 aromatic heterocycles. The number of amides is 1. The van der Waals surface area contributed by atoms with Gasteiger partial charge in [0.05, 0.1) is 19.0 Å². The highest BCUT2D eigenvalue weighted by Crippen LogP contribution is 2.34.